The number of para-hydroxylation sites is 1. The second-order valence-electron chi connectivity index (χ2n) is 7.56. The maximum atomic E-state index is 4.87. The van der Waals surface area contributed by atoms with Crippen molar-refractivity contribution in [3.05, 3.63) is 78.4 Å². The molecule has 0 spiro atoms. The Kier molecular flexibility index (Phi) is 4.69. The highest BCUT2D eigenvalue weighted by Crippen LogP contribution is 2.34. The molecule has 1 aliphatic heterocycles. The predicted molar refractivity (Wildman–Crippen MR) is 115 cm³/mol. The molecule has 4 aromatic rings. The molecule has 0 saturated carbocycles. The first-order valence-electron chi connectivity index (χ1n) is 10.1. The number of hydrogen-bond donors (Lipinski definition) is 1. The van der Waals surface area contributed by atoms with Crippen LogP contribution in [-0.4, -0.2) is 31.0 Å². The van der Waals surface area contributed by atoms with Gasteiger partial charge in [-0.25, -0.2) is 15.0 Å². The summed E-state index contributed by atoms with van der Waals surface area (Å²) < 4.78 is 2.22. The van der Waals surface area contributed by atoms with Crippen molar-refractivity contribution < 1.29 is 0 Å². The molecule has 1 fully saturated rings. The van der Waals surface area contributed by atoms with Crippen LogP contribution in [0, 0.1) is 0 Å². The molecule has 0 amide bonds. The van der Waals surface area contributed by atoms with Crippen molar-refractivity contribution in [2.75, 3.05) is 11.9 Å². The third-order valence-electron chi connectivity index (χ3n) is 5.63. The lowest BCUT2D eigenvalue weighted by Crippen LogP contribution is -2.23. The summed E-state index contributed by atoms with van der Waals surface area (Å²) in [7, 11) is 2.12. The van der Waals surface area contributed by atoms with Gasteiger partial charge in [0.15, 0.2) is 0 Å². The molecule has 1 aliphatic rings. The van der Waals surface area contributed by atoms with E-state index in [0.717, 1.165) is 31.0 Å². The molecular weight excluding hydrogens is 360 g/mol. The van der Waals surface area contributed by atoms with E-state index in [0.29, 0.717) is 12.0 Å². The number of nitrogens with zero attached hydrogens (tertiary/aromatic N) is 5. The molecule has 0 unspecified atom stereocenters. The summed E-state index contributed by atoms with van der Waals surface area (Å²) in [5.41, 5.74) is 3.76. The van der Waals surface area contributed by atoms with Crippen LogP contribution in [0.4, 0.5) is 11.8 Å². The van der Waals surface area contributed by atoms with Gasteiger partial charge in [0.05, 0.1) is 11.7 Å². The zero-order valence-corrected chi connectivity index (χ0v) is 16.5. The van der Waals surface area contributed by atoms with Crippen LogP contribution < -0.4 is 5.32 Å². The number of pyridine rings is 1. The van der Waals surface area contributed by atoms with Crippen LogP contribution in [0.3, 0.4) is 0 Å². The van der Waals surface area contributed by atoms with E-state index in [1.54, 1.807) is 18.5 Å². The van der Waals surface area contributed by atoms with Crippen LogP contribution in [0.25, 0.3) is 10.9 Å². The predicted octanol–water partition coefficient (Wildman–Crippen LogP) is 4.44. The summed E-state index contributed by atoms with van der Waals surface area (Å²) in [5, 5.41) is 4.54. The smallest absolute Gasteiger partial charge is 0.228 e. The molecular formula is C23H24N6. The van der Waals surface area contributed by atoms with Crippen molar-refractivity contribution in [3.63, 3.8) is 0 Å². The summed E-state index contributed by atoms with van der Waals surface area (Å²) >= 11 is 0. The highest BCUT2D eigenvalue weighted by Gasteiger charge is 2.28. The Bertz CT molecular complexity index is 1120. The van der Waals surface area contributed by atoms with Crippen LogP contribution in [0.1, 0.15) is 30.1 Å². The van der Waals surface area contributed by atoms with Gasteiger partial charge in [0, 0.05) is 43.1 Å². The lowest BCUT2D eigenvalue weighted by molar-refractivity contribution is 0.245. The molecule has 146 valence electrons. The Morgan fingerprint density at radius 1 is 1.03 bits per heavy atom. The Morgan fingerprint density at radius 2 is 1.90 bits per heavy atom. The number of fused-ring (bicyclic) bond motifs is 1. The molecule has 6 nitrogen and oxygen atoms in total. The number of aryl methyl sites for hydroxylation is 1. The minimum absolute atomic E-state index is 0.326. The van der Waals surface area contributed by atoms with Crippen molar-refractivity contribution in [3.8, 4) is 0 Å². The monoisotopic (exact) mass is 384 g/mol. The normalized spacial score (nSPS) is 17.1. The molecule has 1 saturated heterocycles. The van der Waals surface area contributed by atoms with Crippen molar-refractivity contribution >= 4 is 22.7 Å². The lowest BCUT2D eigenvalue weighted by atomic mass is 10.1. The molecule has 3 aromatic heterocycles. The number of likely N-dealkylation sites (tertiary alicyclic amines) is 1. The fourth-order valence-corrected chi connectivity index (χ4v) is 4.31. The molecule has 1 atom stereocenters. The molecule has 0 radical (unpaired) electrons. The molecule has 0 aliphatic carbocycles. The first-order valence-corrected chi connectivity index (χ1v) is 10.1. The SMILES string of the molecule is Cn1cc(CN2CCC[C@@H]2c2cccc(Nc3ncccn3)n2)c2ccccc21. The minimum atomic E-state index is 0.326. The molecule has 1 aromatic carbocycles. The zero-order valence-electron chi connectivity index (χ0n) is 16.5. The van der Waals surface area contributed by atoms with Gasteiger partial charge in [-0.1, -0.05) is 24.3 Å². The number of rotatable bonds is 5. The summed E-state index contributed by atoms with van der Waals surface area (Å²) in [4.78, 5) is 15.9. The third kappa shape index (κ3) is 3.59. The topological polar surface area (TPSA) is 58.9 Å². The maximum absolute atomic E-state index is 4.87. The van der Waals surface area contributed by atoms with Crippen LogP contribution in [0.15, 0.2) is 67.1 Å². The Labute approximate surface area is 170 Å². The Hall–Kier alpha value is -3.25. The lowest BCUT2D eigenvalue weighted by Gasteiger charge is -2.24. The van der Waals surface area contributed by atoms with Gasteiger partial charge >= 0.3 is 0 Å². The van der Waals surface area contributed by atoms with Crippen molar-refractivity contribution in [2.45, 2.75) is 25.4 Å². The van der Waals surface area contributed by atoms with Gasteiger partial charge in [-0.15, -0.1) is 0 Å². The van der Waals surface area contributed by atoms with Gasteiger partial charge in [-0.3, -0.25) is 4.90 Å². The van der Waals surface area contributed by atoms with E-state index in [4.69, 9.17) is 4.98 Å². The third-order valence-corrected chi connectivity index (χ3v) is 5.63. The molecule has 0 bridgehead atoms. The van der Waals surface area contributed by atoms with Gasteiger partial charge in [-0.2, -0.15) is 0 Å². The molecule has 29 heavy (non-hydrogen) atoms. The van der Waals surface area contributed by atoms with E-state index in [1.165, 1.54) is 22.9 Å². The number of aromatic nitrogens is 4. The number of anilines is 2. The Morgan fingerprint density at radius 3 is 2.79 bits per heavy atom. The van der Waals surface area contributed by atoms with Crippen LogP contribution in [-0.2, 0) is 13.6 Å². The fourth-order valence-electron chi connectivity index (χ4n) is 4.31. The number of hydrogen-bond acceptors (Lipinski definition) is 5. The first kappa shape index (κ1) is 17.8. The van der Waals surface area contributed by atoms with E-state index in [1.807, 2.05) is 6.07 Å². The summed E-state index contributed by atoms with van der Waals surface area (Å²) in [6.07, 6.45) is 8.03. The van der Waals surface area contributed by atoms with Gasteiger partial charge < -0.3 is 9.88 Å². The highest BCUT2D eigenvalue weighted by molar-refractivity contribution is 5.83. The van der Waals surface area contributed by atoms with Crippen molar-refractivity contribution in [1.29, 1.82) is 0 Å². The van der Waals surface area contributed by atoms with E-state index >= 15 is 0 Å². The van der Waals surface area contributed by atoms with Crippen molar-refractivity contribution in [1.82, 2.24) is 24.4 Å². The standard InChI is InChI=1S/C23H24N6/c1-28-15-17(18-7-2-3-9-20(18)28)16-29-14-5-10-21(29)19-8-4-11-22(26-19)27-23-24-12-6-13-25-23/h2-4,6-9,11-13,15,21H,5,10,14,16H2,1H3,(H,24,25,26,27)/t21-/m1/s1. The van der Waals surface area contributed by atoms with Gasteiger partial charge in [-0.05, 0) is 49.2 Å². The summed E-state index contributed by atoms with van der Waals surface area (Å²) in [6.45, 7) is 2.03. The van der Waals surface area contributed by atoms with Crippen LogP contribution in [0.5, 0.6) is 0 Å². The van der Waals surface area contributed by atoms with E-state index in [2.05, 4.69) is 74.4 Å². The Balaban J connectivity index is 1.39. The second kappa shape index (κ2) is 7.64. The molecule has 5 rings (SSSR count). The fraction of sp³-hybridized carbons (Fsp3) is 0.261. The van der Waals surface area contributed by atoms with Gasteiger partial charge in [0.1, 0.15) is 5.82 Å². The molecule has 1 N–H and O–H groups in total. The summed E-state index contributed by atoms with van der Waals surface area (Å²) in [6, 6.07) is 16.9. The quantitative estimate of drug-likeness (QED) is 0.551. The van der Waals surface area contributed by atoms with Crippen LogP contribution in [0.2, 0.25) is 0 Å². The second-order valence-corrected chi connectivity index (χ2v) is 7.56. The van der Waals surface area contributed by atoms with Crippen LogP contribution >= 0.6 is 0 Å². The largest absolute Gasteiger partial charge is 0.350 e. The van der Waals surface area contributed by atoms with Crippen molar-refractivity contribution in [2.24, 2.45) is 7.05 Å². The average molecular weight is 384 g/mol. The van der Waals surface area contributed by atoms with E-state index in [9.17, 15) is 0 Å². The number of nitrogens with one attached hydrogen (secondary N) is 1. The number of benzene rings is 1. The minimum Gasteiger partial charge on any atom is -0.350 e. The van der Waals surface area contributed by atoms with E-state index in [-0.39, 0.29) is 0 Å². The van der Waals surface area contributed by atoms with Gasteiger partial charge in [0.25, 0.3) is 0 Å². The van der Waals surface area contributed by atoms with Gasteiger partial charge in [0.2, 0.25) is 5.95 Å². The highest BCUT2D eigenvalue weighted by atomic mass is 15.2. The average Bonchev–Trinajstić information content (AvgIpc) is 3.34. The molecule has 4 heterocycles. The molecule has 6 heteroatoms. The summed E-state index contributed by atoms with van der Waals surface area (Å²) in [5.74, 6) is 1.35. The maximum Gasteiger partial charge on any atom is 0.228 e. The van der Waals surface area contributed by atoms with E-state index < -0.39 is 0 Å². The zero-order chi connectivity index (χ0) is 19.6. The first-order chi connectivity index (χ1) is 14.3.